The number of phenolic OH excluding ortho intramolecular Hbond substituents is 2. The van der Waals surface area contributed by atoms with E-state index in [1.165, 1.54) is 12.1 Å². The second-order valence-corrected chi connectivity index (χ2v) is 5.23. The van der Waals surface area contributed by atoms with Gasteiger partial charge in [0.15, 0.2) is 5.78 Å². The van der Waals surface area contributed by atoms with Crippen molar-refractivity contribution in [2.75, 3.05) is 0 Å². The zero-order valence-electron chi connectivity index (χ0n) is 11.8. The van der Waals surface area contributed by atoms with Crippen LogP contribution in [0.2, 0.25) is 0 Å². The number of hydrogen-bond acceptors (Lipinski definition) is 3. The Morgan fingerprint density at radius 2 is 1.71 bits per heavy atom. The maximum absolute atomic E-state index is 12.8. The maximum Gasteiger partial charge on any atom is 0.193 e. The predicted octanol–water partition coefficient (Wildman–Crippen LogP) is 3.70. The molecule has 0 radical (unpaired) electrons. The third kappa shape index (κ3) is 2.31. The predicted molar refractivity (Wildman–Crippen MR) is 81.5 cm³/mol. The first-order valence-corrected chi connectivity index (χ1v) is 6.98. The van der Waals surface area contributed by atoms with E-state index in [1.807, 2.05) is 13.0 Å². The van der Waals surface area contributed by atoms with E-state index in [9.17, 15) is 15.0 Å². The Morgan fingerprint density at radius 1 is 1.05 bits per heavy atom. The molecule has 21 heavy (non-hydrogen) atoms. The van der Waals surface area contributed by atoms with Crippen molar-refractivity contribution in [1.29, 1.82) is 0 Å². The van der Waals surface area contributed by atoms with Crippen molar-refractivity contribution in [3.63, 3.8) is 0 Å². The van der Waals surface area contributed by atoms with Crippen molar-refractivity contribution in [1.82, 2.24) is 0 Å². The minimum absolute atomic E-state index is 0.0591. The number of ketones is 1. The molecule has 0 amide bonds. The van der Waals surface area contributed by atoms with Crippen molar-refractivity contribution in [2.24, 2.45) is 0 Å². The molecule has 3 nitrogen and oxygen atoms in total. The van der Waals surface area contributed by atoms with Crippen LogP contribution in [-0.4, -0.2) is 16.0 Å². The Labute approximate surface area is 123 Å². The highest BCUT2D eigenvalue weighted by atomic mass is 16.3. The molecule has 0 saturated heterocycles. The summed E-state index contributed by atoms with van der Waals surface area (Å²) in [5.41, 5.74) is 4.23. The average molecular weight is 280 g/mol. The van der Waals surface area contributed by atoms with Crippen LogP contribution in [0.4, 0.5) is 0 Å². The average Bonchev–Trinajstić information content (AvgIpc) is 2.85. The number of phenols is 2. The molecule has 0 aromatic heterocycles. The van der Waals surface area contributed by atoms with Crippen LogP contribution >= 0.6 is 0 Å². The molecule has 3 rings (SSSR count). The number of allylic oxidation sites excluding steroid dienone is 2. The summed E-state index contributed by atoms with van der Waals surface area (Å²) in [4.78, 5) is 12.8. The lowest BCUT2D eigenvalue weighted by Crippen LogP contribution is -2.03. The lowest BCUT2D eigenvalue weighted by molar-refractivity contribution is 0.105. The molecule has 0 fully saturated rings. The van der Waals surface area contributed by atoms with E-state index in [0.29, 0.717) is 11.1 Å². The van der Waals surface area contributed by atoms with Gasteiger partial charge in [-0.05, 0) is 60.4 Å². The van der Waals surface area contributed by atoms with Gasteiger partial charge >= 0.3 is 0 Å². The molecule has 2 aromatic rings. The van der Waals surface area contributed by atoms with Crippen LogP contribution in [0.15, 0.2) is 48.0 Å². The van der Waals surface area contributed by atoms with Gasteiger partial charge in [-0.15, -0.1) is 0 Å². The smallest absolute Gasteiger partial charge is 0.193 e. The van der Waals surface area contributed by atoms with Gasteiger partial charge in [-0.25, -0.2) is 0 Å². The van der Waals surface area contributed by atoms with Crippen molar-refractivity contribution in [3.05, 3.63) is 64.7 Å². The highest BCUT2D eigenvalue weighted by Gasteiger charge is 2.26. The van der Waals surface area contributed by atoms with Crippen LogP contribution < -0.4 is 0 Å². The molecular weight excluding hydrogens is 264 g/mol. The molecule has 0 atom stereocenters. The van der Waals surface area contributed by atoms with Crippen LogP contribution in [0.5, 0.6) is 11.5 Å². The van der Waals surface area contributed by atoms with Crippen LogP contribution in [0.25, 0.3) is 5.57 Å². The van der Waals surface area contributed by atoms with Gasteiger partial charge in [0, 0.05) is 11.1 Å². The maximum atomic E-state index is 12.8. The summed E-state index contributed by atoms with van der Waals surface area (Å²) in [6.07, 6.45) is 1.56. The van der Waals surface area contributed by atoms with Crippen molar-refractivity contribution < 1.29 is 15.0 Å². The van der Waals surface area contributed by atoms with E-state index in [2.05, 4.69) is 0 Å². The Bertz CT molecular complexity index is 740. The van der Waals surface area contributed by atoms with Crippen molar-refractivity contribution >= 4 is 11.4 Å². The molecule has 0 heterocycles. The Balaban J connectivity index is 2.09. The first kappa shape index (κ1) is 13.4. The quantitative estimate of drug-likeness (QED) is 0.843. The molecule has 0 unspecified atom stereocenters. The van der Waals surface area contributed by atoms with Crippen LogP contribution in [-0.2, 0) is 6.42 Å². The number of benzene rings is 2. The second kappa shape index (κ2) is 5.09. The van der Waals surface area contributed by atoms with Gasteiger partial charge in [-0.2, -0.15) is 0 Å². The molecule has 0 aliphatic heterocycles. The normalized spacial score (nSPS) is 13.4. The van der Waals surface area contributed by atoms with Gasteiger partial charge in [-0.3, -0.25) is 4.79 Å². The first-order valence-electron chi connectivity index (χ1n) is 6.98. The summed E-state index contributed by atoms with van der Waals surface area (Å²) < 4.78 is 0. The molecular formula is C18H16O3. The molecule has 2 N–H and O–H groups in total. The van der Waals surface area contributed by atoms with E-state index >= 15 is 0 Å². The number of carbonyl (C=O) groups is 1. The third-order valence-electron chi connectivity index (χ3n) is 3.90. The molecule has 1 aliphatic rings. The van der Waals surface area contributed by atoms with Crippen LogP contribution in [0, 0.1) is 0 Å². The van der Waals surface area contributed by atoms with E-state index < -0.39 is 0 Å². The molecule has 2 aromatic carbocycles. The molecule has 0 spiro atoms. The van der Waals surface area contributed by atoms with E-state index in [-0.39, 0.29) is 17.3 Å². The lowest BCUT2D eigenvalue weighted by atomic mass is 9.95. The van der Waals surface area contributed by atoms with Crippen molar-refractivity contribution in [2.45, 2.75) is 19.8 Å². The Hall–Kier alpha value is -2.55. The number of carbonyl (C=O) groups excluding carboxylic acids is 1. The highest BCUT2D eigenvalue weighted by molar-refractivity contribution is 6.30. The number of aromatic hydroxyl groups is 2. The highest BCUT2D eigenvalue weighted by Crippen LogP contribution is 2.38. The number of fused-ring (bicyclic) bond motifs is 1. The summed E-state index contributed by atoms with van der Waals surface area (Å²) in [5.74, 6) is 0.249. The largest absolute Gasteiger partial charge is 0.508 e. The lowest BCUT2D eigenvalue weighted by Gasteiger charge is -2.07. The summed E-state index contributed by atoms with van der Waals surface area (Å²) in [5, 5.41) is 19.0. The van der Waals surface area contributed by atoms with E-state index in [1.54, 1.807) is 24.3 Å². The van der Waals surface area contributed by atoms with Gasteiger partial charge < -0.3 is 10.2 Å². The van der Waals surface area contributed by atoms with Crippen LogP contribution in [0.1, 0.15) is 34.8 Å². The number of Topliss-reactive ketones (excluding diaryl/α,β-unsaturated/α-hetero) is 1. The number of rotatable bonds is 3. The van der Waals surface area contributed by atoms with Gasteiger partial charge in [0.05, 0.1) is 0 Å². The van der Waals surface area contributed by atoms with Gasteiger partial charge in [-0.1, -0.05) is 18.6 Å². The number of hydrogen-bond donors (Lipinski definition) is 2. The summed E-state index contributed by atoms with van der Waals surface area (Å²) in [6.45, 7) is 2.03. The molecule has 0 bridgehead atoms. The second-order valence-electron chi connectivity index (χ2n) is 5.23. The van der Waals surface area contributed by atoms with Crippen molar-refractivity contribution in [3.8, 4) is 11.5 Å². The Kier molecular flexibility index (Phi) is 3.26. The molecule has 0 saturated carbocycles. The van der Waals surface area contributed by atoms with Gasteiger partial charge in [0.1, 0.15) is 11.5 Å². The molecule has 3 heteroatoms. The first-order chi connectivity index (χ1) is 10.1. The summed E-state index contributed by atoms with van der Waals surface area (Å²) in [6, 6.07) is 11.5. The van der Waals surface area contributed by atoms with Crippen LogP contribution in [0.3, 0.4) is 0 Å². The van der Waals surface area contributed by atoms with Gasteiger partial charge in [0.25, 0.3) is 0 Å². The van der Waals surface area contributed by atoms with E-state index in [0.717, 1.165) is 29.5 Å². The van der Waals surface area contributed by atoms with Gasteiger partial charge in [0.2, 0.25) is 0 Å². The molecule has 106 valence electrons. The fourth-order valence-corrected chi connectivity index (χ4v) is 2.80. The Morgan fingerprint density at radius 3 is 2.38 bits per heavy atom. The molecule has 1 aliphatic carbocycles. The topological polar surface area (TPSA) is 57.5 Å². The summed E-state index contributed by atoms with van der Waals surface area (Å²) in [7, 11) is 0. The zero-order chi connectivity index (χ0) is 15.0. The SMILES string of the molecule is CCC1=C(C(=O)c2ccc(O)cc2)c2cc(O)ccc2C1. The monoisotopic (exact) mass is 280 g/mol. The standard InChI is InChI=1S/C18H16O3/c1-2-11-9-13-5-8-15(20)10-16(13)17(11)18(21)12-3-6-14(19)7-4-12/h3-8,10,19-20H,2,9H2,1H3. The summed E-state index contributed by atoms with van der Waals surface area (Å²) >= 11 is 0. The van der Waals surface area contributed by atoms with E-state index in [4.69, 9.17) is 0 Å². The minimum atomic E-state index is -0.0591. The fourth-order valence-electron chi connectivity index (χ4n) is 2.80. The minimum Gasteiger partial charge on any atom is -0.508 e. The zero-order valence-corrected chi connectivity index (χ0v) is 11.8. The fraction of sp³-hybridized carbons (Fsp3) is 0.167. The third-order valence-corrected chi connectivity index (χ3v) is 3.90.